The van der Waals surface area contributed by atoms with Crippen LogP contribution in [0.3, 0.4) is 0 Å². The largest absolute Gasteiger partial charge is 0.472 e. The van der Waals surface area contributed by atoms with E-state index >= 15 is 0 Å². The fourth-order valence-corrected chi connectivity index (χ4v) is 4.76. The molecule has 14 heteroatoms. The van der Waals surface area contributed by atoms with Crippen LogP contribution in [0.1, 0.15) is 80.3 Å². The van der Waals surface area contributed by atoms with Crippen LogP contribution in [0.4, 0.5) is 9.59 Å². The van der Waals surface area contributed by atoms with E-state index in [9.17, 15) is 28.8 Å². The molecule has 0 bridgehead atoms. The molecule has 0 saturated carbocycles. The van der Waals surface area contributed by atoms with Crippen molar-refractivity contribution < 1.29 is 57.5 Å². The smallest absolute Gasteiger partial charge is 0.412 e. The molecule has 4 aromatic carbocycles. The third-order valence-corrected chi connectivity index (χ3v) is 7.36. The van der Waals surface area contributed by atoms with Crippen molar-refractivity contribution in [2.24, 2.45) is 0 Å². The summed E-state index contributed by atoms with van der Waals surface area (Å²) in [4.78, 5) is 90.6. The molecule has 0 unspecified atom stereocenters. The Kier molecular flexibility index (Phi) is 13.9. The van der Waals surface area contributed by atoms with Crippen molar-refractivity contribution in [1.29, 1.82) is 0 Å². The van der Waals surface area contributed by atoms with E-state index in [1.807, 2.05) is 0 Å². The predicted octanol–water partition coefficient (Wildman–Crippen LogP) is 6.70. The second-order valence-corrected chi connectivity index (χ2v) is 12.3. The lowest BCUT2D eigenvalue weighted by atomic mass is 9.97. The Morgan fingerprint density at radius 1 is 0.463 bits per heavy atom. The van der Waals surface area contributed by atoms with Crippen molar-refractivity contribution in [2.75, 3.05) is 27.6 Å². The van der Waals surface area contributed by atoms with Gasteiger partial charge < -0.3 is 18.9 Å². The highest BCUT2D eigenvalue weighted by molar-refractivity contribution is 6.17. The average molecular weight is 741 g/mol. The van der Waals surface area contributed by atoms with E-state index in [2.05, 4.69) is 0 Å². The highest BCUT2D eigenvalue weighted by atomic mass is 17.2. The van der Waals surface area contributed by atoms with Crippen LogP contribution in [-0.2, 0) is 19.2 Å². The summed E-state index contributed by atoms with van der Waals surface area (Å²) in [6.07, 6.45) is -1.92. The summed E-state index contributed by atoms with van der Waals surface area (Å²) in [6, 6.07) is 24.0. The number of carbonyl (C=O) groups is 6. The van der Waals surface area contributed by atoms with Crippen molar-refractivity contribution in [3.63, 3.8) is 0 Å². The van der Waals surface area contributed by atoms with Gasteiger partial charge in [-0.15, -0.1) is 0 Å². The zero-order chi connectivity index (χ0) is 39.4. The van der Waals surface area contributed by atoms with Crippen LogP contribution in [-0.4, -0.2) is 85.3 Å². The summed E-state index contributed by atoms with van der Waals surface area (Å²) < 4.78 is 21.8. The molecular formula is C40H40N2O12. The molecule has 0 fully saturated rings. The minimum atomic E-state index is -1.16. The van der Waals surface area contributed by atoms with E-state index in [1.54, 1.807) is 52.0 Å². The van der Waals surface area contributed by atoms with Gasteiger partial charge in [0.1, 0.15) is 11.5 Å². The first-order chi connectivity index (χ1) is 25.8. The van der Waals surface area contributed by atoms with Gasteiger partial charge in [0.15, 0.2) is 25.0 Å². The number of nitrogens with zero attached hydrogens (tertiary/aromatic N) is 2. The topological polar surface area (TPSA) is 164 Å². The second-order valence-electron chi connectivity index (χ2n) is 12.3. The number of benzene rings is 4. The SMILES string of the molecule is CC(C)OC(=O)N(C)COc1ccccc1C(=O)c1ccccc1C(=O)OOC(=O)c1ccccc1C(=O)c1ccccc1OCN(C)C(=O)OC(C)C. The molecule has 0 radical (unpaired) electrons. The van der Waals surface area contributed by atoms with Crippen molar-refractivity contribution >= 4 is 35.7 Å². The van der Waals surface area contributed by atoms with Gasteiger partial charge in [-0.2, -0.15) is 0 Å². The lowest BCUT2D eigenvalue weighted by Crippen LogP contribution is -2.33. The van der Waals surface area contributed by atoms with E-state index < -0.39 is 35.7 Å². The third-order valence-electron chi connectivity index (χ3n) is 7.36. The normalized spacial score (nSPS) is 10.6. The summed E-state index contributed by atoms with van der Waals surface area (Å²) >= 11 is 0. The fraction of sp³-hybridized carbons (Fsp3) is 0.250. The minimum absolute atomic E-state index is 0.0826. The van der Waals surface area contributed by atoms with Gasteiger partial charge in [0.2, 0.25) is 0 Å². The summed E-state index contributed by atoms with van der Waals surface area (Å²) in [5.74, 6) is -3.28. The highest BCUT2D eigenvalue weighted by Gasteiger charge is 2.27. The maximum absolute atomic E-state index is 13.7. The van der Waals surface area contributed by atoms with Crippen molar-refractivity contribution in [1.82, 2.24) is 9.80 Å². The maximum atomic E-state index is 13.7. The molecule has 14 nitrogen and oxygen atoms in total. The van der Waals surface area contributed by atoms with Crippen LogP contribution in [0.5, 0.6) is 11.5 Å². The quantitative estimate of drug-likeness (QED) is 0.0582. The Labute approximate surface area is 312 Å². The van der Waals surface area contributed by atoms with E-state index in [0.29, 0.717) is 0 Å². The minimum Gasteiger partial charge on any atom is -0.472 e. The molecule has 0 spiro atoms. The number of ether oxygens (including phenoxy) is 4. The average Bonchev–Trinajstić information content (AvgIpc) is 3.17. The molecule has 0 aromatic heterocycles. The van der Waals surface area contributed by atoms with Gasteiger partial charge in [0.25, 0.3) is 0 Å². The van der Waals surface area contributed by atoms with Crippen LogP contribution in [0, 0.1) is 0 Å². The van der Waals surface area contributed by atoms with Crippen LogP contribution >= 0.6 is 0 Å². The number of ketones is 2. The highest BCUT2D eigenvalue weighted by Crippen LogP contribution is 2.26. The first kappa shape index (κ1) is 40.1. The van der Waals surface area contributed by atoms with E-state index in [4.69, 9.17) is 28.7 Å². The lowest BCUT2D eigenvalue weighted by molar-refractivity contribution is -0.187. The van der Waals surface area contributed by atoms with Crippen molar-refractivity contribution in [3.05, 3.63) is 130 Å². The molecule has 0 heterocycles. The van der Waals surface area contributed by atoms with Gasteiger partial charge in [-0.25, -0.2) is 29.0 Å². The first-order valence-corrected chi connectivity index (χ1v) is 16.8. The van der Waals surface area contributed by atoms with Gasteiger partial charge in [-0.1, -0.05) is 60.7 Å². The number of hydrogen-bond donors (Lipinski definition) is 0. The molecule has 0 aliphatic carbocycles. The van der Waals surface area contributed by atoms with Crippen LogP contribution in [0.2, 0.25) is 0 Å². The Morgan fingerprint density at radius 3 is 1.09 bits per heavy atom. The summed E-state index contributed by atoms with van der Waals surface area (Å²) in [6.45, 7) is 6.37. The second kappa shape index (κ2) is 18.7. The number of hydrogen-bond acceptors (Lipinski definition) is 12. The zero-order valence-electron chi connectivity index (χ0n) is 30.6. The molecule has 0 aliphatic rings. The van der Waals surface area contributed by atoms with Gasteiger partial charge in [-0.3, -0.25) is 19.4 Å². The summed E-state index contributed by atoms with van der Waals surface area (Å²) in [7, 11) is 2.94. The van der Waals surface area contributed by atoms with Gasteiger partial charge in [0.05, 0.1) is 34.5 Å². The molecule has 4 aromatic rings. The maximum Gasteiger partial charge on any atom is 0.412 e. The predicted molar refractivity (Wildman–Crippen MR) is 193 cm³/mol. The Balaban J connectivity index is 1.48. The number of rotatable bonds is 14. The molecule has 0 saturated heterocycles. The lowest BCUT2D eigenvalue weighted by Gasteiger charge is -2.20. The van der Waals surface area contributed by atoms with E-state index in [1.165, 1.54) is 96.7 Å². The standard InChI is InChI=1S/C40H40N2O12/c1-25(2)51-39(47)41(5)23-49-33-21-13-11-19-31(33)35(43)27-15-7-9-17-29(27)37(45)53-54-38(46)30-18-10-8-16-28(30)36(44)32-20-12-14-22-34(32)50-24-42(6)40(48)52-26(3)4/h7-22,25-26H,23-24H2,1-6H3. The fourth-order valence-electron chi connectivity index (χ4n) is 4.76. The number of amides is 2. The van der Waals surface area contributed by atoms with Crippen molar-refractivity contribution in [3.8, 4) is 11.5 Å². The van der Waals surface area contributed by atoms with Crippen molar-refractivity contribution in [2.45, 2.75) is 39.9 Å². The molecule has 2 amide bonds. The summed E-state index contributed by atoms with van der Waals surface area (Å²) in [5, 5.41) is 0. The molecule has 0 N–H and O–H groups in total. The van der Waals surface area contributed by atoms with Gasteiger partial charge in [0, 0.05) is 25.2 Å². The first-order valence-electron chi connectivity index (χ1n) is 16.8. The van der Waals surface area contributed by atoms with Crippen LogP contribution in [0.25, 0.3) is 0 Å². The Morgan fingerprint density at radius 2 is 0.759 bits per heavy atom. The molecule has 282 valence electrons. The zero-order valence-corrected chi connectivity index (χ0v) is 30.6. The molecule has 0 atom stereocenters. The Bertz CT molecular complexity index is 1870. The van der Waals surface area contributed by atoms with Crippen LogP contribution in [0.15, 0.2) is 97.1 Å². The molecular weight excluding hydrogens is 700 g/mol. The molecule has 54 heavy (non-hydrogen) atoms. The van der Waals surface area contributed by atoms with Crippen LogP contribution < -0.4 is 9.47 Å². The third kappa shape index (κ3) is 10.4. The van der Waals surface area contributed by atoms with E-state index in [-0.39, 0.29) is 70.5 Å². The molecule has 0 aliphatic heterocycles. The van der Waals surface area contributed by atoms with Gasteiger partial charge >= 0.3 is 24.1 Å². The van der Waals surface area contributed by atoms with E-state index in [0.717, 1.165) is 0 Å². The molecule has 4 rings (SSSR count). The number of carbonyl (C=O) groups excluding carboxylic acids is 6. The number of para-hydroxylation sites is 2. The Hall–Kier alpha value is -6.70. The van der Waals surface area contributed by atoms with Gasteiger partial charge in [-0.05, 0) is 64.1 Å². The summed E-state index contributed by atoms with van der Waals surface area (Å²) in [5.41, 5.74) is -0.450. The monoisotopic (exact) mass is 740 g/mol.